The number of benzene rings is 1. The van der Waals surface area contributed by atoms with Crippen LogP contribution in [0.3, 0.4) is 0 Å². The van der Waals surface area contributed by atoms with Crippen LogP contribution in [0.5, 0.6) is 0 Å². The molecule has 0 spiro atoms. The van der Waals surface area contributed by atoms with Crippen molar-refractivity contribution in [3.8, 4) is 0 Å². The second kappa shape index (κ2) is 7.58. The maximum atomic E-state index is 12.9. The lowest BCUT2D eigenvalue weighted by Crippen LogP contribution is -2.38. The van der Waals surface area contributed by atoms with Gasteiger partial charge in [0.2, 0.25) is 5.91 Å². The second-order valence-electron chi connectivity index (χ2n) is 7.31. The van der Waals surface area contributed by atoms with Crippen molar-refractivity contribution in [3.05, 3.63) is 47.3 Å². The number of carbonyl (C=O) groups is 2. The fourth-order valence-electron chi connectivity index (χ4n) is 4.02. The molecule has 0 atom stereocenters. The molecule has 4 rings (SSSR count). The van der Waals surface area contributed by atoms with Crippen LogP contribution in [0.15, 0.2) is 24.3 Å². The monoisotopic (exact) mass is 370 g/mol. The summed E-state index contributed by atoms with van der Waals surface area (Å²) >= 11 is 0. The van der Waals surface area contributed by atoms with Crippen LogP contribution in [0, 0.1) is 5.82 Å². The first-order valence-corrected chi connectivity index (χ1v) is 9.60. The minimum Gasteiger partial charge on any atom is -0.343 e. The number of hydrogen-bond donors (Lipinski definition) is 0. The van der Waals surface area contributed by atoms with Crippen LogP contribution in [-0.4, -0.2) is 44.4 Å². The summed E-state index contributed by atoms with van der Waals surface area (Å²) in [7, 11) is 0. The molecule has 0 aliphatic carbocycles. The lowest BCUT2D eigenvalue weighted by molar-refractivity contribution is -0.132. The fourth-order valence-corrected chi connectivity index (χ4v) is 4.02. The first-order chi connectivity index (χ1) is 13.1. The number of amides is 1. The number of ketones is 1. The van der Waals surface area contributed by atoms with Crippen LogP contribution < -0.4 is 0 Å². The maximum absolute atomic E-state index is 12.9. The molecular formula is C20H23FN4O2. The van der Waals surface area contributed by atoms with Crippen molar-refractivity contribution in [1.29, 1.82) is 0 Å². The molecule has 3 heterocycles. The number of halogens is 1. The number of piperidine rings is 1. The second-order valence-corrected chi connectivity index (χ2v) is 7.31. The maximum Gasteiger partial charge on any atom is 0.223 e. The molecule has 1 fully saturated rings. The number of Topliss-reactive ketones (excluding diaryl/α,β-unsaturated/α-hetero) is 1. The minimum atomic E-state index is -0.371. The van der Waals surface area contributed by atoms with Crippen molar-refractivity contribution < 1.29 is 14.0 Å². The predicted octanol–water partition coefficient (Wildman–Crippen LogP) is 2.73. The van der Waals surface area contributed by atoms with Gasteiger partial charge in [0.1, 0.15) is 17.5 Å². The number of rotatable bonds is 5. The van der Waals surface area contributed by atoms with Crippen molar-refractivity contribution >= 4 is 11.7 Å². The Morgan fingerprint density at radius 3 is 2.52 bits per heavy atom. The van der Waals surface area contributed by atoms with Gasteiger partial charge < -0.3 is 9.47 Å². The quantitative estimate of drug-likeness (QED) is 0.759. The lowest BCUT2D eigenvalue weighted by Gasteiger charge is -2.31. The van der Waals surface area contributed by atoms with E-state index in [0.717, 1.165) is 43.9 Å². The van der Waals surface area contributed by atoms with Gasteiger partial charge >= 0.3 is 0 Å². The molecule has 0 bridgehead atoms. The third-order valence-electron chi connectivity index (χ3n) is 5.58. The molecule has 1 aromatic heterocycles. The summed E-state index contributed by atoms with van der Waals surface area (Å²) in [5.74, 6) is 2.02. The highest BCUT2D eigenvalue weighted by atomic mass is 19.1. The number of fused-ring (bicyclic) bond motifs is 1. The summed E-state index contributed by atoms with van der Waals surface area (Å²) < 4.78 is 15.2. The Kier molecular flexibility index (Phi) is 5.01. The van der Waals surface area contributed by atoms with Gasteiger partial charge in [0.05, 0.1) is 0 Å². The summed E-state index contributed by atoms with van der Waals surface area (Å²) in [6.45, 7) is 2.38. The highest BCUT2D eigenvalue weighted by Crippen LogP contribution is 2.29. The van der Waals surface area contributed by atoms with E-state index in [9.17, 15) is 14.0 Å². The molecule has 0 unspecified atom stereocenters. The summed E-state index contributed by atoms with van der Waals surface area (Å²) in [5.41, 5.74) is 0.448. The molecule has 0 saturated carbocycles. The SMILES string of the molecule is O=C(CCC(=O)N1CCC(c2nnc3n2CCC3)CC1)c1ccc(F)cc1. The normalized spacial score (nSPS) is 17.1. The standard InChI is InChI=1S/C20H23FN4O2/c21-16-5-3-14(4-6-16)17(26)7-8-19(27)24-12-9-15(10-13-24)20-23-22-18-2-1-11-25(18)20/h3-6,15H,1-2,7-13H2. The molecule has 2 aromatic rings. The van der Waals surface area contributed by atoms with Gasteiger partial charge in [0.15, 0.2) is 5.78 Å². The Morgan fingerprint density at radius 2 is 1.78 bits per heavy atom. The van der Waals surface area contributed by atoms with E-state index in [1.165, 1.54) is 24.3 Å². The van der Waals surface area contributed by atoms with Gasteiger partial charge in [0, 0.05) is 50.4 Å². The van der Waals surface area contributed by atoms with Crippen LogP contribution in [0.4, 0.5) is 4.39 Å². The van der Waals surface area contributed by atoms with Gasteiger partial charge in [-0.05, 0) is 43.5 Å². The van der Waals surface area contributed by atoms with Crippen LogP contribution in [0.2, 0.25) is 0 Å². The van der Waals surface area contributed by atoms with Crippen molar-refractivity contribution in [2.24, 2.45) is 0 Å². The Bertz CT molecular complexity index is 838. The van der Waals surface area contributed by atoms with Crippen LogP contribution in [0.1, 0.15) is 60.0 Å². The average Bonchev–Trinajstić information content (AvgIpc) is 3.30. The zero-order valence-electron chi connectivity index (χ0n) is 15.2. The highest BCUT2D eigenvalue weighted by molar-refractivity contribution is 5.97. The Morgan fingerprint density at radius 1 is 1.04 bits per heavy atom. The number of aromatic nitrogens is 3. The smallest absolute Gasteiger partial charge is 0.223 e. The number of nitrogens with zero attached hydrogens (tertiary/aromatic N) is 4. The van der Waals surface area contributed by atoms with Crippen LogP contribution in [-0.2, 0) is 17.8 Å². The molecule has 1 saturated heterocycles. The van der Waals surface area contributed by atoms with E-state index in [2.05, 4.69) is 14.8 Å². The largest absolute Gasteiger partial charge is 0.343 e. The summed E-state index contributed by atoms with van der Waals surface area (Å²) in [6, 6.07) is 5.46. The first kappa shape index (κ1) is 17.8. The van der Waals surface area contributed by atoms with Gasteiger partial charge in [-0.15, -0.1) is 10.2 Å². The van der Waals surface area contributed by atoms with Gasteiger partial charge in [-0.1, -0.05) is 0 Å². The van der Waals surface area contributed by atoms with Gasteiger partial charge in [-0.25, -0.2) is 4.39 Å². The zero-order chi connectivity index (χ0) is 18.8. The molecule has 1 aromatic carbocycles. The minimum absolute atomic E-state index is 0.00961. The summed E-state index contributed by atoms with van der Waals surface area (Å²) in [6.07, 6.45) is 4.26. The van der Waals surface area contributed by atoms with E-state index in [1.807, 2.05) is 4.90 Å². The van der Waals surface area contributed by atoms with Crippen molar-refractivity contribution in [2.45, 2.75) is 51.0 Å². The third kappa shape index (κ3) is 3.77. The molecule has 2 aliphatic rings. The van der Waals surface area contributed by atoms with E-state index in [-0.39, 0.29) is 30.3 Å². The van der Waals surface area contributed by atoms with Crippen LogP contribution >= 0.6 is 0 Å². The Balaban J connectivity index is 1.27. The number of carbonyl (C=O) groups excluding carboxylic acids is 2. The topological polar surface area (TPSA) is 68.1 Å². The highest BCUT2D eigenvalue weighted by Gasteiger charge is 2.29. The Labute approximate surface area is 157 Å². The van der Waals surface area contributed by atoms with Crippen molar-refractivity contribution in [3.63, 3.8) is 0 Å². The van der Waals surface area contributed by atoms with E-state index >= 15 is 0 Å². The number of hydrogen-bond acceptors (Lipinski definition) is 4. The fraction of sp³-hybridized carbons (Fsp3) is 0.500. The third-order valence-corrected chi connectivity index (χ3v) is 5.58. The van der Waals surface area contributed by atoms with Crippen molar-refractivity contribution in [1.82, 2.24) is 19.7 Å². The molecule has 6 nitrogen and oxygen atoms in total. The van der Waals surface area contributed by atoms with E-state index < -0.39 is 0 Å². The van der Waals surface area contributed by atoms with E-state index in [0.29, 0.717) is 24.6 Å². The molecule has 7 heteroatoms. The zero-order valence-corrected chi connectivity index (χ0v) is 15.2. The number of likely N-dealkylation sites (tertiary alicyclic amines) is 1. The van der Waals surface area contributed by atoms with Gasteiger partial charge in [0.25, 0.3) is 0 Å². The van der Waals surface area contributed by atoms with E-state index in [1.54, 1.807) is 0 Å². The van der Waals surface area contributed by atoms with E-state index in [4.69, 9.17) is 0 Å². The van der Waals surface area contributed by atoms with Gasteiger partial charge in [-0.3, -0.25) is 9.59 Å². The lowest BCUT2D eigenvalue weighted by atomic mass is 9.95. The first-order valence-electron chi connectivity index (χ1n) is 9.60. The molecule has 27 heavy (non-hydrogen) atoms. The van der Waals surface area contributed by atoms with Crippen LogP contribution in [0.25, 0.3) is 0 Å². The molecule has 142 valence electrons. The summed E-state index contributed by atoms with van der Waals surface area (Å²) in [5, 5.41) is 8.65. The molecule has 2 aliphatic heterocycles. The number of aryl methyl sites for hydroxylation is 1. The van der Waals surface area contributed by atoms with Crippen molar-refractivity contribution in [2.75, 3.05) is 13.1 Å². The van der Waals surface area contributed by atoms with Gasteiger partial charge in [-0.2, -0.15) is 0 Å². The molecule has 0 N–H and O–H groups in total. The molecular weight excluding hydrogens is 347 g/mol. The average molecular weight is 370 g/mol. The molecule has 1 amide bonds. The predicted molar refractivity (Wildman–Crippen MR) is 96.9 cm³/mol. The molecule has 0 radical (unpaired) electrons. The summed E-state index contributed by atoms with van der Waals surface area (Å²) in [4.78, 5) is 26.4. The Hall–Kier alpha value is -2.57.